The first-order valence-electron chi connectivity index (χ1n) is 8.30. The van der Waals surface area contributed by atoms with E-state index in [0.717, 1.165) is 18.4 Å². The number of benzene rings is 1. The van der Waals surface area contributed by atoms with Gasteiger partial charge in [0.25, 0.3) is 11.4 Å². The number of aryl methyl sites for hydroxylation is 1. The summed E-state index contributed by atoms with van der Waals surface area (Å²) in [5, 5.41) is 7.90. The Morgan fingerprint density at radius 2 is 2.00 bits per heavy atom. The van der Waals surface area contributed by atoms with Crippen molar-refractivity contribution in [3.63, 3.8) is 0 Å². The first-order chi connectivity index (χ1) is 12.7. The lowest BCUT2D eigenvalue weighted by Gasteiger charge is -2.05. The molecule has 0 atom stereocenters. The average molecular weight is 354 g/mol. The summed E-state index contributed by atoms with van der Waals surface area (Å²) < 4.78 is 11.5. The number of ether oxygens (including phenoxy) is 1. The molecule has 134 valence electrons. The predicted molar refractivity (Wildman–Crippen MR) is 92.3 cm³/mol. The highest BCUT2D eigenvalue weighted by molar-refractivity contribution is 5.86. The highest BCUT2D eigenvalue weighted by Gasteiger charge is 2.14. The van der Waals surface area contributed by atoms with Gasteiger partial charge in [0.1, 0.15) is 0 Å². The lowest BCUT2D eigenvalue weighted by molar-refractivity contribution is 0.0419. The number of aromatic nitrogens is 4. The molecule has 0 amide bonds. The Bertz CT molecular complexity index is 934. The number of carbonyl (C=O) groups is 1. The lowest BCUT2D eigenvalue weighted by Crippen LogP contribution is -2.25. The van der Waals surface area contributed by atoms with Gasteiger partial charge in [-0.1, -0.05) is 48.8 Å². The number of nitrogens with zero attached hydrogens (tertiary/aromatic N) is 4. The zero-order chi connectivity index (χ0) is 18.4. The van der Waals surface area contributed by atoms with Gasteiger partial charge >= 0.3 is 5.97 Å². The summed E-state index contributed by atoms with van der Waals surface area (Å²) in [5.74, 6) is -0.0610. The smallest absolute Gasteiger partial charge is 0.359 e. The highest BCUT2D eigenvalue weighted by Crippen LogP contribution is 2.15. The Hall–Kier alpha value is -3.29. The van der Waals surface area contributed by atoms with Crippen molar-refractivity contribution in [2.75, 3.05) is 0 Å². The molecule has 1 aromatic carbocycles. The van der Waals surface area contributed by atoms with Gasteiger partial charge in [0.2, 0.25) is 5.82 Å². The molecule has 3 aromatic rings. The maximum Gasteiger partial charge on any atom is 0.359 e. The van der Waals surface area contributed by atoms with Crippen molar-refractivity contribution in [1.29, 1.82) is 0 Å². The highest BCUT2D eigenvalue weighted by atomic mass is 16.6. The molecular formula is C18H18N4O4. The van der Waals surface area contributed by atoms with E-state index in [1.165, 1.54) is 16.8 Å². The maximum absolute atomic E-state index is 12.1. The number of carbonyl (C=O) groups excluding carboxylic acids is 1. The molecule has 0 saturated heterocycles. The number of hydrogen-bond donors (Lipinski definition) is 0. The largest absolute Gasteiger partial charge is 0.451 e. The minimum atomic E-state index is -0.658. The van der Waals surface area contributed by atoms with Crippen LogP contribution in [0.25, 0.3) is 11.4 Å². The SMILES string of the molecule is CCCCn1nc(C(=O)OCc2nc(-c3ccccc3)no2)ccc1=O. The Kier molecular flexibility index (Phi) is 5.52. The van der Waals surface area contributed by atoms with Crippen molar-refractivity contribution < 1.29 is 14.1 Å². The second-order valence-corrected chi connectivity index (χ2v) is 5.59. The first kappa shape index (κ1) is 17.5. The van der Waals surface area contributed by atoms with Crippen LogP contribution < -0.4 is 5.56 Å². The summed E-state index contributed by atoms with van der Waals surface area (Å²) >= 11 is 0. The van der Waals surface area contributed by atoms with Gasteiger partial charge in [-0.2, -0.15) is 10.1 Å². The first-order valence-corrected chi connectivity index (χ1v) is 8.30. The Balaban J connectivity index is 1.64. The van der Waals surface area contributed by atoms with Crippen LogP contribution in [0.5, 0.6) is 0 Å². The standard InChI is InChI=1S/C18H18N4O4/c1-2-3-11-22-16(23)10-9-14(20-22)18(24)25-12-15-19-17(21-26-15)13-7-5-4-6-8-13/h4-10H,2-3,11-12H2,1H3. The van der Waals surface area contributed by atoms with Gasteiger partial charge in [-0.15, -0.1) is 0 Å². The van der Waals surface area contributed by atoms with Crippen LogP contribution in [0.1, 0.15) is 36.1 Å². The fourth-order valence-electron chi connectivity index (χ4n) is 2.25. The van der Waals surface area contributed by atoms with E-state index in [4.69, 9.17) is 9.26 Å². The lowest BCUT2D eigenvalue weighted by atomic mass is 10.2. The fourth-order valence-corrected chi connectivity index (χ4v) is 2.25. The van der Waals surface area contributed by atoms with Gasteiger partial charge in [0, 0.05) is 18.2 Å². The molecule has 0 saturated carbocycles. The second-order valence-electron chi connectivity index (χ2n) is 5.59. The zero-order valence-electron chi connectivity index (χ0n) is 14.3. The summed E-state index contributed by atoms with van der Waals surface area (Å²) in [6, 6.07) is 12.0. The number of unbranched alkanes of at least 4 members (excludes halogenated alkanes) is 1. The molecule has 8 nitrogen and oxygen atoms in total. The average Bonchev–Trinajstić information content (AvgIpc) is 3.15. The molecule has 0 spiro atoms. The van der Waals surface area contributed by atoms with E-state index in [1.54, 1.807) is 0 Å². The Morgan fingerprint density at radius 1 is 1.19 bits per heavy atom. The van der Waals surface area contributed by atoms with Gasteiger partial charge in [0.05, 0.1) is 0 Å². The molecule has 26 heavy (non-hydrogen) atoms. The van der Waals surface area contributed by atoms with E-state index < -0.39 is 5.97 Å². The van der Waals surface area contributed by atoms with Crippen LogP contribution in [-0.2, 0) is 17.9 Å². The maximum atomic E-state index is 12.1. The van der Waals surface area contributed by atoms with Crippen LogP contribution in [0.15, 0.2) is 51.8 Å². The summed E-state index contributed by atoms with van der Waals surface area (Å²) in [4.78, 5) is 28.1. The van der Waals surface area contributed by atoms with E-state index in [2.05, 4.69) is 15.2 Å². The molecule has 0 aliphatic carbocycles. The molecule has 0 bridgehead atoms. The van der Waals surface area contributed by atoms with Crippen molar-refractivity contribution in [2.24, 2.45) is 0 Å². The number of esters is 1. The van der Waals surface area contributed by atoms with E-state index >= 15 is 0 Å². The van der Waals surface area contributed by atoms with Crippen LogP contribution in [0, 0.1) is 0 Å². The molecule has 2 aromatic heterocycles. The molecule has 0 radical (unpaired) electrons. The third-order valence-electron chi connectivity index (χ3n) is 3.63. The normalized spacial score (nSPS) is 10.7. The predicted octanol–water partition coefficient (Wildman–Crippen LogP) is 2.45. The monoisotopic (exact) mass is 354 g/mol. The minimum absolute atomic E-state index is 0.0588. The van der Waals surface area contributed by atoms with Crippen LogP contribution in [0.2, 0.25) is 0 Å². The second kappa shape index (κ2) is 8.19. The van der Waals surface area contributed by atoms with Crippen LogP contribution in [-0.4, -0.2) is 25.9 Å². The summed E-state index contributed by atoms with van der Waals surface area (Å²) in [7, 11) is 0. The van der Waals surface area contributed by atoms with Crippen molar-refractivity contribution in [2.45, 2.75) is 32.9 Å². The summed E-state index contributed by atoms with van der Waals surface area (Å²) in [6.45, 7) is 2.30. The minimum Gasteiger partial charge on any atom is -0.451 e. The molecule has 2 heterocycles. The summed E-state index contributed by atoms with van der Waals surface area (Å²) in [5.41, 5.74) is 0.612. The topological polar surface area (TPSA) is 100 Å². The van der Waals surface area contributed by atoms with Crippen molar-refractivity contribution in [1.82, 2.24) is 19.9 Å². The third kappa shape index (κ3) is 4.21. The van der Waals surface area contributed by atoms with Crippen molar-refractivity contribution >= 4 is 5.97 Å². The van der Waals surface area contributed by atoms with E-state index in [-0.39, 0.29) is 23.8 Å². The van der Waals surface area contributed by atoms with Crippen LogP contribution in [0.4, 0.5) is 0 Å². The van der Waals surface area contributed by atoms with Crippen LogP contribution >= 0.6 is 0 Å². The Labute approximate surface area is 149 Å². The molecule has 0 aliphatic heterocycles. The summed E-state index contributed by atoms with van der Waals surface area (Å²) in [6.07, 6.45) is 1.72. The Morgan fingerprint density at radius 3 is 2.77 bits per heavy atom. The fraction of sp³-hybridized carbons (Fsp3) is 0.278. The van der Waals surface area contributed by atoms with Crippen molar-refractivity contribution in [3.8, 4) is 11.4 Å². The van der Waals surface area contributed by atoms with Crippen LogP contribution in [0.3, 0.4) is 0 Å². The molecule has 0 aliphatic rings. The quantitative estimate of drug-likeness (QED) is 0.601. The molecular weight excluding hydrogens is 336 g/mol. The van der Waals surface area contributed by atoms with Gasteiger partial charge in [-0.05, 0) is 12.5 Å². The number of rotatable bonds is 7. The molecule has 0 unspecified atom stereocenters. The van der Waals surface area contributed by atoms with E-state index in [1.807, 2.05) is 37.3 Å². The third-order valence-corrected chi connectivity index (χ3v) is 3.63. The molecule has 3 rings (SSSR count). The molecule has 8 heteroatoms. The molecule has 0 N–H and O–H groups in total. The van der Waals surface area contributed by atoms with Gasteiger partial charge in [-0.3, -0.25) is 4.79 Å². The molecule has 0 fully saturated rings. The number of hydrogen-bond acceptors (Lipinski definition) is 7. The van der Waals surface area contributed by atoms with Gasteiger partial charge in [-0.25, -0.2) is 9.48 Å². The van der Waals surface area contributed by atoms with Gasteiger partial charge in [0.15, 0.2) is 12.3 Å². The van der Waals surface area contributed by atoms with E-state index in [0.29, 0.717) is 12.4 Å². The van der Waals surface area contributed by atoms with E-state index in [9.17, 15) is 9.59 Å². The zero-order valence-corrected chi connectivity index (χ0v) is 14.3. The van der Waals surface area contributed by atoms with Gasteiger partial charge < -0.3 is 9.26 Å². The van der Waals surface area contributed by atoms with Crippen molar-refractivity contribution in [3.05, 3.63) is 64.4 Å².